The topological polar surface area (TPSA) is 30.7 Å². The van der Waals surface area contributed by atoms with Gasteiger partial charge in [-0.2, -0.15) is 0 Å². The Morgan fingerprint density at radius 2 is 1.18 bits per heavy atom. The molecule has 6 aromatic rings. The quantitative estimate of drug-likeness (QED) is 0.219. The number of hydrogen-bond donors (Lipinski definition) is 0. The summed E-state index contributed by atoms with van der Waals surface area (Å²) in [6, 6.07) is 37.7. The van der Waals surface area contributed by atoms with Crippen molar-refractivity contribution in [3.8, 4) is 5.69 Å². The Kier molecular flexibility index (Phi) is 6.25. The molecule has 3 heteroatoms. The van der Waals surface area contributed by atoms with Gasteiger partial charge in [-0.05, 0) is 84.3 Å². The maximum atomic E-state index is 4.60. The Bertz CT molecular complexity index is 1750. The smallest absolute Gasteiger partial charge is 0.0702 e. The third kappa shape index (κ3) is 4.46. The van der Waals surface area contributed by atoms with E-state index in [2.05, 4.69) is 113 Å². The van der Waals surface area contributed by atoms with E-state index in [0.29, 0.717) is 0 Å². The van der Waals surface area contributed by atoms with Crippen molar-refractivity contribution in [1.82, 2.24) is 14.5 Å². The van der Waals surface area contributed by atoms with Gasteiger partial charge in [0.2, 0.25) is 0 Å². The molecule has 3 aromatic heterocycles. The van der Waals surface area contributed by atoms with Crippen LogP contribution in [-0.2, 0) is 0 Å². The molecule has 38 heavy (non-hydrogen) atoms. The van der Waals surface area contributed by atoms with Gasteiger partial charge in [0.05, 0.1) is 22.4 Å². The predicted molar refractivity (Wildman–Crippen MR) is 160 cm³/mol. The molecule has 0 fully saturated rings. The van der Waals surface area contributed by atoms with Crippen LogP contribution in [0.3, 0.4) is 0 Å². The second-order valence-electron chi connectivity index (χ2n) is 9.30. The van der Waals surface area contributed by atoms with Gasteiger partial charge < -0.3 is 4.57 Å². The summed E-state index contributed by atoms with van der Waals surface area (Å²) in [5.41, 5.74) is 9.40. The highest BCUT2D eigenvalue weighted by atomic mass is 15.0. The van der Waals surface area contributed by atoms with Crippen molar-refractivity contribution >= 4 is 38.5 Å². The van der Waals surface area contributed by atoms with E-state index in [4.69, 9.17) is 0 Å². The molecule has 0 aliphatic heterocycles. The first-order chi connectivity index (χ1) is 18.7. The van der Waals surface area contributed by atoms with Gasteiger partial charge in [-0.15, -0.1) is 0 Å². The van der Waals surface area contributed by atoms with Gasteiger partial charge in [0.25, 0.3) is 0 Å². The minimum atomic E-state index is 0.894. The van der Waals surface area contributed by atoms with Crippen LogP contribution in [0, 0.1) is 0 Å². The number of benzene rings is 3. The molecule has 0 atom stereocenters. The number of rotatable bonds is 6. The van der Waals surface area contributed by atoms with Crippen LogP contribution in [0.4, 0.5) is 0 Å². The van der Waals surface area contributed by atoms with Crippen molar-refractivity contribution in [2.75, 3.05) is 0 Å². The first-order valence-electron chi connectivity index (χ1n) is 12.7. The number of fused-ring (bicyclic) bond motifs is 3. The molecule has 0 aliphatic carbocycles. The van der Waals surface area contributed by atoms with Gasteiger partial charge >= 0.3 is 0 Å². The lowest BCUT2D eigenvalue weighted by atomic mass is 10.00. The van der Waals surface area contributed by atoms with E-state index in [9.17, 15) is 0 Å². The molecule has 0 saturated heterocycles. The van der Waals surface area contributed by atoms with Crippen LogP contribution in [0.1, 0.15) is 23.9 Å². The number of aromatic nitrogens is 3. The van der Waals surface area contributed by atoms with Crippen molar-refractivity contribution in [2.45, 2.75) is 6.92 Å². The fourth-order valence-electron chi connectivity index (χ4n) is 4.92. The monoisotopic (exact) mass is 489 g/mol. The van der Waals surface area contributed by atoms with Crippen molar-refractivity contribution in [3.05, 3.63) is 157 Å². The molecule has 182 valence electrons. The Morgan fingerprint density at radius 3 is 1.76 bits per heavy atom. The van der Waals surface area contributed by atoms with E-state index < -0.39 is 0 Å². The van der Waals surface area contributed by atoms with Crippen molar-refractivity contribution < 1.29 is 0 Å². The number of pyridine rings is 2. The van der Waals surface area contributed by atoms with Crippen molar-refractivity contribution in [2.24, 2.45) is 0 Å². The van der Waals surface area contributed by atoms with E-state index in [-0.39, 0.29) is 0 Å². The molecule has 0 aliphatic rings. The molecule has 0 radical (unpaired) electrons. The Balaban J connectivity index is 1.38. The second kappa shape index (κ2) is 10.2. The maximum absolute atomic E-state index is 4.60. The van der Waals surface area contributed by atoms with E-state index in [1.165, 1.54) is 21.8 Å². The van der Waals surface area contributed by atoms with Crippen LogP contribution < -0.4 is 0 Å². The number of para-hydroxylation sites is 2. The van der Waals surface area contributed by atoms with Gasteiger partial charge in [-0.25, -0.2) is 0 Å². The van der Waals surface area contributed by atoms with Crippen molar-refractivity contribution in [3.63, 3.8) is 0 Å². The largest absolute Gasteiger partial charge is 0.309 e. The predicted octanol–water partition coefficient (Wildman–Crippen LogP) is 8.77. The highest BCUT2D eigenvalue weighted by Gasteiger charge is 2.11. The molecular formula is C35H27N3. The molecule has 3 aromatic carbocycles. The standard InChI is InChI=1S/C35H27N3/c1-25(23-28(33-14-8-10-22-37-33)24-26(2)32-13-7-9-21-36-32)27-17-19-29(20-18-27)38-34-15-5-3-11-30(34)31-12-4-6-16-35(31)38/h3-24H,1H2,2H3/b26-24+,28-23+. The van der Waals surface area contributed by atoms with Gasteiger partial charge in [-0.3, -0.25) is 9.97 Å². The van der Waals surface area contributed by atoms with Gasteiger partial charge in [0.15, 0.2) is 0 Å². The van der Waals surface area contributed by atoms with Crippen LogP contribution in [0.15, 0.2) is 140 Å². The molecule has 0 unspecified atom stereocenters. The summed E-state index contributed by atoms with van der Waals surface area (Å²) in [5, 5.41) is 2.52. The van der Waals surface area contributed by atoms with Gasteiger partial charge in [0, 0.05) is 34.4 Å². The molecular weight excluding hydrogens is 462 g/mol. The van der Waals surface area contributed by atoms with E-state index in [1.54, 1.807) is 0 Å². The van der Waals surface area contributed by atoms with Crippen LogP contribution in [0.2, 0.25) is 0 Å². The van der Waals surface area contributed by atoms with Crippen LogP contribution in [0.5, 0.6) is 0 Å². The highest BCUT2D eigenvalue weighted by molar-refractivity contribution is 6.09. The Morgan fingerprint density at radius 1 is 0.632 bits per heavy atom. The van der Waals surface area contributed by atoms with Crippen molar-refractivity contribution in [1.29, 1.82) is 0 Å². The zero-order valence-electron chi connectivity index (χ0n) is 21.3. The number of nitrogens with zero attached hydrogens (tertiary/aromatic N) is 3. The minimum absolute atomic E-state index is 0.894. The molecule has 6 rings (SSSR count). The minimum Gasteiger partial charge on any atom is -0.309 e. The highest BCUT2D eigenvalue weighted by Crippen LogP contribution is 2.32. The average molecular weight is 490 g/mol. The van der Waals surface area contributed by atoms with Crippen LogP contribution in [-0.4, -0.2) is 14.5 Å². The lowest BCUT2D eigenvalue weighted by Crippen LogP contribution is -1.94. The summed E-state index contributed by atoms with van der Waals surface area (Å²) in [6.07, 6.45) is 7.86. The first kappa shape index (κ1) is 23.4. The Hall–Kier alpha value is -5.02. The summed E-state index contributed by atoms with van der Waals surface area (Å²) in [4.78, 5) is 9.10. The maximum Gasteiger partial charge on any atom is 0.0702 e. The summed E-state index contributed by atoms with van der Waals surface area (Å²) < 4.78 is 2.32. The van der Waals surface area contributed by atoms with E-state index in [1.807, 2.05) is 48.8 Å². The SMILES string of the molecule is C=C(/C=C(\C=C(/C)c1ccccn1)c1ccccn1)c1ccc(-n2c3ccccc3c3ccccc32)cc1. The third-order valence-electron chi connectivity index (χ3n) is 6.81. The first-order valence-corrected chi connectivity index (χ1v) is 12.7. The van der Waals surface area contributed by atoms with Crippen LogP contribution in [0.25, 0.3) is 44.2 Å². The normalized spacial score (nSPS) is 12.2. The summed E-state index contributed by atoms with van der Waals surface area (Å²) in [7, 11) is 0. The zero-order chi connectivity index (χ0) is 25.9. The molecule has 3 nitrogen and oxygen atoms in total. The second-order valence-corrected chi connectivity index (χ2v) is 9.30. The molecule has 0 spiro atoms. The Labute approximate surface area is 222 Å². The van der Waals surface area contributed by atoms with Crippen LogP contribution >= 0.6 is 0 Å². The fourth-order valence-corrected chi connectivity index (χ4v) is 4.92. The average Bonchev–Trinajstić information content (AvgIpc) is 3.32. The molecule has 0 bridgehead atoms. The molecule has 0 N–H and O–H groups in total. The number of allylic oxidation sites excluding steroid dienone is 5. The van der Waals surface area contributed by atoms with Gasteiger partial charge in [0.1, 0.15) is 0 Å². The van der Waals surface area contributed by atoms with E-state index >= 15 is 0 Å². The fraction of sp³-hybridized carbons (Fsp3) is 0.0286. The number of hydrogen-bond acceptors (Lipinski definition) is 2. The lowest BCUT2D eigenvalue weighted by Gasteiger charge is -2.10. The molecule has 0 amide bonds. The molecule has 0 saturated carbocycles. The summed E-state index contributed by atoms with van der Waals surface area (Å²) in [6.45, 7) is 6.48. The summed E-state index contributed by atoms with van der Waals surface area (Å²) >= 11 is 0. The zero-order valence-corrected chi connectivity index (χ0v) is 21.3. The third-order valence-corrected chi connectivity index (χ3v) is 6.81. The summed E-state index contributed by atoms with van der Waals surface area (Å²) in [5.74, 6) is 0. The lowest BCUT2D eigenvalue weighted by molar-refractivity contribution is 1.18. The molecule has 3 heterocycles. The van der Waals surface area contributed by atoms with Gasteiger partial charge in [-0.1, -0.05) is 67.2 Å². The van der Waals surface area contributed by atoms with E-state index in [0.717, 1.165) is 39.4 Å².